The standard InChI is InChI=1S/C27H30FNO4/c1-5-33-15-14-22-16-25(28)26(17-27(22)32-4)29(18-20-6-10-23(30-2)11-7-20)19-21-8-12-24(31-3)13-9-21/h6-17H,5,18-19H2,1-4H3/b15-14+. The second kappa shape index (κ2) is 11.8. The Morgan fingerprint density at radius 2 is 1.33 bits per heavy atom. The van der Waals surface area contributed by atoms with Crippen molar-refractivity contribution in [2.24, 2.45) is 0 Å². The summed E-state index contributed by atoms with van der Waals surface area (Å²) in [6.45, 7) is 3.44. The molecule has 3 rings (SSSR count). The molecule has 33 heavy (non-hydrogen) atoms. The molecule has 0 saturated carbocycles. The minimum atomic E-state index is -0.339. The molecule has 0 aliphatic carbocycles. The molecule has 3 aromatic carbocycles. The quantitative estimate of drug-likeness (QED) is 0.331. The number of benzene rings is 3. The molecule has 174 valence electrons. The Morgan fingerprint density at radius 3 is 1.79 bits per heavy atom. The molecule has 6 heteroatoms. The van der Waals surface area contributed by atoms with E-state index < -0.39 is 0 Å². The molecule has 0 aliphatic heterocycles. The number of hydrogen-bond acceptors (Lipinski definition) is 5. The number of ether oxygens (including phenoxy) is 4. The average molecular weight is 452 g/mol. The van der Waals surface area contributed by atoms with Crippen molar-refractivity contribution in [1.29, 1.82) is 0 Å². The minimum Gasteiger partial charge on any atom is -0.501 e. The summed E-state index contributed by atoms with van der Waals surface area (Å²) in [5.74, 6) is 1.78. The van der Waals surface area contributed by atoms with Gasteiger partial charge in [0.15, 0.2) is 0 Å². The van der Waals surface area contributed by atoms with Gasteiger partial charge in [0.05, 0.1) is 39.9 Å². The second-order valence-electron chi connectivity index (χ2n) is 7.36. The fourth-order valence-electron chi connectivity index (χ4n) is 3.45. The van der Waals surface area contributed by atoms with Crippen molar-refractivity contribution in [1.82, 2.24) is 0 Å². The average Bonchev–Trinajstić information content (AvgIpc) is 2.85. The topological polar surface area (TPSA) is 40.2 Å². The molecule has 0 N–H and O–H groups in total. The Kier molecular flexibility index (Phi) is 8.58. The van der Waals surface area contributed by atoms with E-state index in [-0.39, 0.29) is 5.82 Å². The van der Waals surface area contributed by atoms with Crippen LogP contribution in [0.15, 0.2) is 66.9 Å². The molecule has 0 bridgehead atoms. The Hall–Kier alpha value is -3.67. The highest BCUT2D eigenvalue weighted by Crippen LogP contribution is 2.32. The van der Waals surface area contributed by atoms with Crippen LogP contribution >= 0.6 is 0 Å². The molecular weight excluding hydrogens is 421 g/mol. The van der Waals surface area contributed by atoms with Gasteiger partial charge < -0.3 is 23.8 Å². The maximum Gasteiger partial charge on any atom is 0.147 e. The van der Waals surface area contributed by atoms with E-state index in [9.17, 15) is 0 Å². The number of hydrogen-bond donors (Lipinski definition) is 0. The fraction of sp³-hybridized carbons (Fsp3) is 0.259. The summed E-state index contributed by atoms with van der Waals surface area (Å²) < 4.78 is 36.7. The third kappa shape index (κ3) is 6.42. The van der Waals surface area contributed by atoms with E-state index in [1.54, 1.807) is 39.7 Å². The number of rotatable bonds is 11. The van der Waals surface area contributed by atoms with Gasteiger partial charge in [0.1, 0.15) is 23.1 Å². The highest BCUT2D eigenvalue weighted by Gasteiger charge is 2.17. The summed E-state index contributed by atoms with van der Waals surface area (Å²) in [7, 11) is 4.84. The zero-order valence-electron chi connectivity index (χ0n) is 19.5. The number of methoxy groups -OCH3 is 3. The Labute approximate surface area is 195 Å². The summed E-state index contributed by atoms with van der Waals surface area (Å²) in [6, 6.07) is 18.7. The van der Waals surface area contributed by atoms with Crippen LogP contribution in [0.3, 0.4) is 0 Å². The van der Waals surface area contributed by atoms with Crippen molar-refractivity contribution >= 4 is 11.8 Å². The van der Waals surface area contributed by atoms with E-state index >= 15 is 4.39 Å². The first kappa shape index (κ1) is 24.0. The smallest absolute Gasteiger partial charge is 0.147 e. The lowest BCUT2D eigenvalue weighted by Crippen LogP contribution is -2.23. The van der Waals surface area contributed by atoms with Crippen molar-refractivity contribution in [3.05, 3.63) is 89.4 Å². The largest absolute Gasteiger partial charge is 0.501 e. The normalized spacial score (nSPS) is 10.8. The summed E-state index contributed by atoms with van der Waals surface area (Å²) in [6.07, 6.45) is 3.25. The third-order valence-corrected chi connectivity index (χ3v) is 5.22. The van der Waals surface area contributed by atoms with Crippen molar-refractivity contribution in [2.45, 2.75) is 20.0 Å². The van der Waals surface area contributed by atoms with Crippen LogP contribution in [0.5, 0.6) is 17.2 Å². The fourth-order valence-corrected chi connectivity index (χ4v) is 3.45. The number of nitrogens with zero attached hydrogens (tertiary/aromatic N) is 1. The predicted molar refractivity (Wildman–Crippen MR) is 129 cm³/mol. The molecule has 3 aromatic rings. The minimum absolute atomic E-state index is 0.339. The van der Waals surface area contributed by atoms with Crippen molar-refractivity contribution in [3.8, 4) is 17.2 Å². The zero-order chi connectivity index (χ0) is 23.6. The molecule has 0 amide bonds. The molecule has 0 fully saturated rings. The first-order valence-electron chi connectivity index (χ1n) is 10.7. The van der Waals surface area contributed by atoms with Gasteiger partial charge in [-0.1, -0.05) is 24.3 Å². The molecule has 0 heterocycles. The lowest BCUT2D eigenvalue weighted by atomic mass is 10.1. The Bertz CT molecular complexity index is 999. The van der Waals surface area contributed by atoms with E-state index in [1.807, 2.05) is 60.4 Å². The van der Waals surface area contributed by atoms with Crippen LogP contribution in [0.4, 0.5) is 10.1 Å². The van der Waals surface area contributed by atoms with Crippen molar-refractivity contribution in [3.63, 3.8) is 0 Å². The van der Waals surface area contributed by atoms with Gasteiger partial charge in [0, 0.05) is 24.7 Å². The molecule has 0 spiro atoms. The highest BCUT2D eigenvalue weighted by molar-refractivity contribution is 5.64. The van der Waals surface area contributed by atoms with Crippen LogP contribution in [0, 0.1) is 5.82 Å². The van der Waals surface area contributed by atoms with E-state index in [4.69, 9.17) is 18.9 Å². The summed E-state index contributed by atoms with van der Waals surface area (Å²) in [4.78, 5) is 1.98. The van der Waals surface area contributed by atoms with Gasteiger partial charge in [0.25, 0.3) is 0 Å². The van der Waals surface area contributed by atoms with Gasteiger partial charge in [-0.25, -0.2) is 4.39 Å². The zero-order valence-corrected chi connectivity index (χ0v) is 19.5. The number of halogens is 1. The molecular formula is C27H30FNO4. The predicted octanol–water partition coefficient (Wildman–Crippen LogP) is 6.07. The van der Waals surface area contributed by atoms with E-state index in [0.29, 0.717) is 36.7 Å². The molecule has 5 nitrogen and oxygen atoms in total. The summed E-state index contributed by atoms with van der Waals surface area (Å²) >= 11 is 0. The summed E-state index contributed by atoms with van der Waals surface area (Å²) in [5, 5.41) is 0. The van der Waals surface area contributed by atoms with Crippen LogP contribution in [0.25, 0.3) is 6.08 Å². The highest BCUT2D eigenvalue weighted by atomic mass is 19.1. The van der Waals surface area contributed by atoms with Gasteiger partial charge in [0.2, 0.25) is 0 Å². The van der Waals surface area contributed by atoms with E-state index in [2.05, 4.69) is 0 Å². The SMILES string of the molecule is CCO/C=C/c1cc(F)c(N(Cc2ccc(OC)cc2)Cc2ccc(OC)cc2)cc1OC. The lowest BCUT2D eigenvalue weighted by molar-refractivity contribution is 0.272. The molecule has 0 unspecified atom stereocenters. The maximum absolute atomic E-state index is 15.4. The van der Waals surface area contributed by atoms with Crippen LogP contribution in [0.2, 0.25) is 0 Å². The third-order valence-electron chi connectivity index (χ3n) is 5.22. The van der Waals surface area contributed by atoms with Gasteiger partial charge >= 0.3 is 0 Å². The molecule has 0 atom stereocenters. The van der Waals surface area contributed by atoms with Crippen LogP contribution in [-0.4, -0.2) is 27.9 Å². The van der Waals surface area contributed by atoms with Crippen LogP contribution in [0.1, 0.15) is 23.6 Å². The lowest BCUT2D eigenvalue weighted by Gasteiger charge is -2.27. The van der Waals surface area contributed by atoms with Crippen molar-refractivity contribution in [2.75, 3.05) is 32.8 Å². The first-order chi connectivity index (χ1) is 16.1. The van der Waals surface area contributed by atoms with Crippen molar-refractivity contribution < 1.29 is 23.3 Å². The first-order valence-corrected chi connectivity index (χ1v) is 10.7. The molecule has 0 radical (unpaired) electrons. The van der Waals surface area contributed by atoms with Gasteiger partial charge in [-0.15, -0.1) is 0 Å². The van der Waals surface area contributed by atoms with Gasteiger partial charge in [-0.05, 0) is 54.5 Å². The Balaban J connectivity index is 1.97. The van der Waals surface area contributed by atoms with E-state index in [0.717, 1.165) is 22.6 Å². The molecule has 0 aromatic heterocycles. The van der Waals surface area contributed by atoms with Crippen LogP contribution in [-0.2, 0) is 17.8 Å². The maximum atomic E-state index is 15.4. The molecule has 0 aliphatic rings. The van der Waals surface area contributed by atoms with Crippen LogP contribution < -0.4 is 19.1 Å². The molecule has 0 saturated heterocycles. The second-order valence-corrected chi connectivity index (χ2v) is 7.36. The number of anilines is 1. The summed E-state index contributed by atoms with van der Waals surface area (Å²) in [5.41, 5.74) is 3.12. The Morgan fingerprint density at radius 1 is 0.788 bits per heavy atom. The van der Waals surface area contributed by atoms with Gasteiger partial charge in [-0.3, -0.25) is 0 Å². The monoisotopic (exact) mass is 451 g/mol. The van der Waals surface area contributed by atoms with E-state index in [1.165, 1.54) is 6.07 Å². The van der Waals surface area contributed by atoms with Gasteiger partial charge in [-0.2, -0.15) is 0 Å².